The maximum absolute atomic E-state index is 11.8. The van der Waals surface area contributed by atoms with Crippen LogP contribution in [0.4, 0.5) is 13.2 Å². The molecule has 1 atom stereocenters. The van der Waals surface area contributed by atoms with Crippen LogP contribution >= 0.6 is 0 Å². The second kappa shape index (κ2) is 6.87. The van der Waals surface area contributed by atoms with E-state index in [1.165, 1.54) is 6.08 Å². The largest absolute Gasteiger partial charge is 0.417 e. The summed E-state index contributed by atoms with van der Waals surface area (Å²) in [6, 6.07) is 0. The smallest absolute Gasteiger partial charge is 0.380 e. The molecule has 0 radical (unpaired) electrons. The van der Waals surface area contributed by atoms with Gasteiger partial charge >= 0.3 is 6.18 Å². The van der Waals surface area contributed by atoms with Crippen LogP contribution in [0, 0.1) is 0 Å². The van der Waals surface area contributed by atoms with Gasteiger partial charge in [0.2, 0.25) is 0 Å². The summed E-state index contributed by atoms with van der Waals surface area (Å²) < 4.78 is 35.3. The lowest BCUT2D eigenvalue weighted by Crippen LogP contribution is -2.25. The molecule has 0 saturated heterocycles. The molecule has 0 rings (SSSR count). The van der Waals surface area contributed by atoms with Gasteiger partial charge in [0.15, 0.2) is 6.10 Å². The van der Waals surface area contributed by atoms with E-state index in [1.807, 2.05) is 0 Å². The second-order valence-corrected chi connectivity index (χ2v) is 3.26. The summed E-state index contributed by atoms with van der Waals surface area (Å²) in [5, 5.41) is 8.58. The van der Waals surface area contributed by atoms with E-state index in [0.717, 1.165) is 31.8 Å². The highest BCUT2D eigenvalue weighted by molar-refractivity contribution is 4.92. The van der Waals surface area contributed by atoms with Gasteiger partial charge in [-0.1, -0.05) is 38.3 Å². The van der Waals surface area contributed by atoms with Crippen LogP contribution in [0.2, 0.25) is 0 Å². The van der Waals surface area contributed by atoms with Gasteiger partial charge in [0.1, 0.15) is 0 Å². The number of allylic oxidation sites excluding steroid dienone is 1. The summed E-state index contributed by atoms with van der Waals surface area (Å²) in [6.07, 6.45) is 0.101. The Morgan fingerprint density at radius 1 is 1.21 bits per heavy atom. The van der Waals surface area contributed by atoms with Gasteiger partial charge in [0.05, 0.1) is 0 Å². The molecule has 0 fully saturated rings. The van der Waals surface area contributed by atoms with Crippen molar-refractivity contribution >= 4 is 0 Å². The minimum atomic E-state index is -4.53. The van der Waals surface area contributed by atoms with Crippen molar-refractivity contribution in [2.75, 3.05) is 0 Å². The molecule has 84 valence electrons. The summed E-state index contributed by atoms with van der Waals surface area (Å²) in [6.45, 7) is 2.07. The van der Waals surface area contributed by atoms with Crippen molar-refractivity contribution in [3.05, 3.63) is 12.2 Å². The third kappa shape index (κ3) is 6.95. The van der Waals surface area contributed by atoms with Gasteiger partial charge < -0.3 is 5.11 Å². The van der Waals surface area contributed by atoms with Crippen molar-refractivity contribution in [1.82, 2.24) is 0 Å². The average Bonchev–Trinajstić information content (AvgIpc) is 2.09. The Kier molecular flexibility index (Phi) is 6.62. The Hall–Kier alpha value is -0.510. The first-order chi connectivity index (χ1) is 6.48. The number of aliphatic hydroxyl groups is 1. The lowest BCUT2D eigenvalue weighted by Gasteiger charge is -2.09. The van der Waals surface area contributed by atoms with Crippen molar-refractivity contribution in [3.63, 3.8) is 0 Å². The van der Waals surface area contributed by atoms with Gasteiger partial charge in [-0.25, -0.2) is 0 Å². The molecule has 0 aliphatic heterocycles. The van der Waals surface area contributed by atoms with Gasteiger partial charge in [-0.2, -0.15) is 13.2 Å². The van der Waals surface area contributed by atoms with Gasteiger partial charge in [-0.3, -0.25) is 0 Å². The summed E-state index contributed by atoms with van der Waals surface area (Å²) in [7, 11) is 0. The third-order valence-corrected chi connectivity index (χ3v) is 1.88. The van der Waals surface area contributed by atoms with E-state index in [-0.39, 0.29) is 0 Å². The second-order valence-electron chi connectivity index (χ2n) is 3.26. The van der Waals surface area contributed by atoms with Crippen LogP contribution in [0.15, 0.2) is 12.2 Å². The third-order valence-electron chi connectivity index (χ3n) is 1.88. The van der Waals surface area contributed by atoms with Crippen LogP contribution in [0.25, 0.3) is 0 Å². The Morgan fingerprint density at radius 3 is 2.36 bits per heavy atom. The van der Waals surface area contributed by atoms with Crippen LogP contribution in [-0.2, 0) is 0 Å². The molecule has 0 amide bonds. The molecule has 0 aromatic rings. The van der Waals surface area contributed by atoms with Crippen LogP contribution in [0.3, 0.4) is 0 Å². The van der Waals surface area contributed by atoms with E-state index in [2.05, 4.69) is 6.92 Å². The van der Waals surface area contributed by atoms with E-state index in [0.29, 0.717) is 6.42 Å². The number of aliphatic hydroxyl groups excluding tert-OH is 1. The molecule has 14 heavy (non-hydrogen) atoms. The minimum absolute atomic E-state index is 0.604. The van der Waals surface area contributed by atoms with E-state index in [4.69, 9.17) is 5.11 Å². The quantitative estimate of drug-likeness (QED) is 0.526. The molecule has 1 N–H and O–H groups in total. The van der Waals surface area contributed by atoms with Crippen LogP contribution < -0.4 is 0 Å². The highest BCUT2D eigenvalue weighted by Gasteiger charge is 2.35. The summed E-state index contributed by atoms with van der Waals surface area (Å²) in [5.41, 5.74) is 0. The molecule has 1 nitrogen and oxygen atoms in total. The van der Waals surface area contributed by atoms with Gasteiger partial charge in [-0.15, -0.1) is 0 Å². The molecule has 0 aliphatic rings. The number of rotatable bonds is 6. The molecular formula is C10H17F3O. The Bertz CT molecular complexity index is 163. The summed E-state index contributed by atoms with van der Waals surface area (Å²) in [5.74, 6) is 0. The highest BCUT2D eigenvalue weighted by atomic mass is 19.4. The Labute approximate surface area is 82.6 Å². The summed E-state index contributed by atoms with van der Waals surface area (Å²) >= 11 is 0. The number of alkyl halides is 3. The number of unbranched alkanes of at least 4 members (excludes halogenated alkanes) is 4. The topological polar surface area (TPSA) is 20.2 Å². The van der Waals surface area contributed by atoms with E-state index < -0.39 is 12.3 Å². The van der Waals surface area contributed by atoms with E-state index in [1.54, 1.807) is 0 Å². The van der Waals surface area contributed by atoms with Crippen molar-refractivity contribution in [2.45, 2.75) is 51.3 Å². The van der Waals surface area contributed by atoms with Crippen molar-refractivity contribution in [2.24, 2.45) is 0 Å². The van der Waals surface area contributed by atoms with Crippen molar-refractivity contribution < 1.29 is 18.3 Å². The first-order valence-electron chi connectivity index (χ1n) is 4.90. The molecular weight excluding hydrogens is 193 g/mol. The first kappa shape index (κ1) is 13.5. The van der Waals surface area contributed by atoms with Gasteiger partial charge in [0, 0.05) is 0 Å². The van der Waals surface area contributed by atoms with Crippen LogP contribution in [-0.4, -0.2) is 17.4 Å². The monoisotopic (exact) mass is 210 g/mol. The molecule has 0 saturated carbocycles. The molecule has 0 heterocycles. The maximum atomic E-state index is 11.8. The fourth-order valence-corrected chi connectivity index (χ4v) is 1.02. The normalized spacial score (nSPS) is 14.9. The zero-order chi connectivity index (χ0) is 11.0. The lowest BCUT2D eigenvalue weighted by atomic mass is 10.1. The standard InChI is InChI=1S/C10H17F3O/c1-2-3-4-5-6-7-8-9(14)10(11,12)13/h7-9,14H,2-6H2,1H3/b8-7-/t9-/m1/s1. The Balaban J connectivity index is 3.53. The van der Waals surface area contributed by atoms with Crippen molar-refractivity contribution in [1.29, 1.82) is 0 Å². The molecule has 0 aromatic carbocycles. The predicted octanol–water partition coefficient (Wildman–Crippen LogP) is 3.44. The minimum Gasteiger partial charge on any atom is -0.380 e. The number of hydrogen-bond acceptors (Lipinski definition) is 1. The molecule has 0 spiro atoms. The Morgan fingerprint density at radius 2 is 1.86 bits per heavy atom. The molecule has 0 unspecified atom stereocenters. The molecule has 0 aromatic heterocycles. The van der Waals surface area contributed by atoms with Crippen molar-refractivity contribution in [3.8, 4) is 0 Å². The maximum Gasteiger partial charge on any atom is 0.417 e. The predicted molar refractivity (Wildman–Crippen MR) is 50.0 cm³/mol. The lowest BCUT2D eigenvalue weighted by molar-refractivity contribution is -0.187. The zero-order valence-electron chi connectivity index (χ0n) is 8.35. The first-order valence-corrected chi connectivity index (χ1v) is 4.90. The molecule has 0 aliphatic carbocycles. The SMILES string of the molecule is CCCCCC/C=C\[C@@H](O)C(F)(F)F. The van der Waals surface area contributed by atoms with Crippen LogP contribution in [0.1, 0.15) is 39.0 Å². The zero-order valence-corrected chi connectivity index (χ0v) is 8.35. The highest BCUT2D eigenvalue weighted by Crippen LogP contribution is 2.20. The van der Waals surface area contributed by atoms with Gasteiger partial charge in [0.25, 0.3) is 0 Å². The average molecular weight is 210 g/mol. The number of halogens is 3. The number of hydrogen-bond donors (Lipinski definition) is 1. The fraction of sp³-hybridized carbons (Fsp3) is 0.800. The van der Waals surface area contributed by atoms with Gasteiger partial charge in [-0.05, 0) is 12.8 Å². The summed E-state index contributed by atoms with van der Waals surface area (Å²) in [4.78, 5) is 0. The van der Waals surface area contributed by atoms with E-state index >= 15 is 0 Å². The molecule has 4 heteroatoms. The molecule has 0 bridgehead atoms. The fourth-order valence-electron chi connectivity index (χ4n) is 1.02. The van der Waals surface area contributed by atoms with Crippen LogP contribution in [0.5, 0.6) is 0 Å². The van der Waals surface area contributed by atoms with E-state index in [9.17, 15) is 13.2 Å².